The van der Waals surface area contributed by atoms with Crippen molar-refractivity contribution in [2.75, 3.05) is 46.5 Å². The van der Waals surface area contributed by atoms with Gasteiger partial charge in [-0.2, -0.15) is 0 Å². The predicted octanol–water partition coefficient (Wildman–Crippen LogP) is 2.67. The Morgan fingerprint density at radius 2 is 1.81 bits per heavy atom. The van der Waals surface area contributed by atoms with Crippen molar-refractivity contribution in [1.82, 2.24) is 15.2 Å². The third kappa shape index (κ3) is 11.4. The molecule has 0 bridgehead atoms. The normalized spacial score (nSPS) is 13.8. The molecule has 1 aromatic rings. The van der Waals surface area contributed by atoms with Gasteiger partial charge >= 0.3 is 5.97 Å². The molecule has 3 N–H and O–H groups in total. The van der Waals surface area contributed by atoms with E-state index in [0.717, 1.165) is 39.3 Å². The number of rotatable bonds is 8. The van der Waals surface area contributed by atoms with Crippen LogP contribution in [0.25, 0.3) is 0 Å². The summed E-state index contributed by atoms with van der Waals surface area (Å²) in [5.74, 6) is -1.41. The molecule has 9 heteroatoms. The lowest BCUT2D eigenvalue weighted by Gasteiger charge is -2.26. The summed E-state index contributed by atoms with van der Waals surface area (Å²) >= 11 is 0. The number of aromatic amines is 1. The van der Waals surface area contributed by atoms with Gasteiger partial charge in [-0.25, -0.2) is 4.79 Å². The van der Waals surface area contributed by atoms with E-state index in [4.69, 9.17) is 9.47 Å². The number of ether oxygens (including phenoxy) is 2. The monoisotopic (exact) mass is 455 g/mol. The van der Waals surface area contributed by atoms with Crippen molar-refractivity contribution in [3.63, 3.8) is 0 Å². The molecule has 32 heavy (non-hydrogen) atoms. The lowest BCUT2D eigenvalue weighted by Crippen LogP contribution is -2.38. The van der Waals surface area contributed by atoms with Crippen LogP contribution >= 0.6 is 0 Å². The largest absolute Gasteiger partial charge is 0.478 e. The van der Waals surface area contributed by atoms with Gasteiger partial charge in [-0.1, -0.05) is 13.8 Å². The molecule has 1 aliphatic heterocycles. The van der Waals surface area contributed by atoms with E-state index in [1.165, 1.54) is 0 Å². The van der Waals surface area contributed by atoms with Gasteiger partial charge in [0.1, 0.15) is 0 Å². The quantitative estimate of drug-likeness (QED) is 0.407. The Balaban J connectivity index is 0.00000104. The summed E-state index contributed by atoms with van der Waals surface area (Å²) in [6.07, 6.45) is 1.29. The van der Waals surface area contributed by atoms with E-state index in [9.17, 15) is 19.5 Å². The number of nitrogens with one attached hydrogen (secondary N) is 2. The van der Waals surface area contributed by atoms with Crippen LogP contribution in [-0.4, -0.2) is 85.3 Å². The summed E-state index contributed by atoms with van der Waals surface area (Å²) in [6.45, 7) is 16.3. The fourth-order valence-electron chi connectivity index (χ4n) is 2.80. The fourth-order valence-corrected chi connectivity index (χ4v) is 2.80. The minimum atomic E-state index is -1.15. The van der Waals surface area contributed by atoms with Gasteiger partial charge in [-0.05, 0) is 46.2 Å². The van der Waals surface area contributed by atoms with E-state index in [-0.39, 0.29) is 34.9 Å². The number of carboxylic acids is 1. The van der Waals surface area contributed by atoms with E-state index in [0.29, 0.717) is 18.4 Å². The second-order valence-electron chi connectivity index (χ2n) is 8.09. The topological polar surface area (TPSA) is 121 Å². The summed E-state index contributed by atoms with van der Waals surface area (Å²) < 4.78 is 10.2. The first-order valence-electron chi connectivity index (χ1n) is 11.1. The first-order chi connectivity index (χ1) is 15.1. The lowest BCUT2D eigenvalue weighted by molar-refractivity contribution is -0.120. The molecular weight excluding hydrogens is 414 g/mol. The molecular formula is C23H41N3O6. The van der Waals surface area contributed by atoms with Gasteiger partial charge in [-0.15, -0.1) is 0 Å². The van der Waals surface area contributed by atoms with Crippen molar-refractivity contribution in [2.24, 2.45) is 0 Å². The molecule has 1 aromatic heterocycles. The molecule has 0 unspecified atom stereocenters. The number of aldehydes is 1. The average molecular weight is 456 g/mol. The number of nitrogens with zero attached hydrogens (tertiary/aromatic N) is 1. The standard InChI is InChI=1S/C16H23N3O5.C5H12O.C2H6/c1-11-13(10-20)18-12(15(11)16(22)23)9-14(21)17-3-2-4-19-5-7-24-8-6-19;1-5(2,3)6-4;1-2/h10,18H,2-9H2,1H3,(H,17,21)(H,22,23);1-4H3;1-2H3. The molecule has 2 rings (SSSR count). The van der Waals surface area contributed by atoms with Crippen molar-refractivity contribution in [1.29, 1.82) is 0 Å². The lowest BCUT2D eigenvalue weighted by atomic mass is 10.1. The van der Waals surface area contributed by atoms with Crippen molar-refractivity contribution in [3.05, 3.63) is 22.5 Å². The highest BCUT2D eigenvalue weighted by atomic mass is 16.5. The SMILES string of the molecule is CC.COC(C)(C)C.Cc1c(C=O)[nH]c(CC(=O)NCCCN2CCOCC2)c1C(=O)O. The van der Waals surface area contributed by atoms with Crippen molar-refractivity contribution >= 4 is 18.2 Å². The van der Waals surface area contributed by atoms with Crippen molar-refractivity contribution in [3.8, 4) is 0 Å². The van der Waals surface area contributed by atoms with Crippen LogP contribution in [-0.2, 0) is 20.7 Å². The highest BCUT2D eigenvalue weighted by Gasteiger charge is 2.21. The Kier molecular flexibility index (Phi) is 14.5. The molecule has 9 nitrogen and oxygen atoms in total. The zero-order valence-corrected chi connectivity index (χ0v) is 20.7. The van der Waals surface area contributed by atoms with E-state index in [1.54, 1.807) is 14.0 Å². The smallest absolute Gasteiger partial charge is 0.337 e. The number of aromatic carboxylic acids is 1. The Hall–Kier alpha value is -2.23. The minimum absolute atomic E-state index is 0.000525. The number of hydrogen-bond acceptors (Lipinski definition) is 6. The van der Waals surface area contributed by atoms with Crippen molar-refractivity contribution in [2.45, 2.75) is 60.0 Å². The molecule has 1 fully saturated rings. The summed E-state index contributed by atoms with van der Waals surface area (Å²) in [6, 6.07) is 0. The fraction of sp³-hybridized carbons (Fsp3) is 0.696. The van der Waals surface area contributed by atoms with Gasteiger partial charge in [0.15, 0.2) is 6.29 Å². The number of carboxylic acid groups (broad SMARTS) is 1. The molecule has 0 aromatic carbocycles. The van der Waals surface area contributed by atoms with Gasteiger partial charge in [0, 0.05) is 32.4 Å². The number of carbonyl (C=O) groups excluding carboxylic acids is 2. The first kappa shape index (κ1) is 29.8. The Labute approximate surface area is 191 Å². The van der Waals surface area contributed by atoms with Crippen LogP contribution in [0.5, 0.6) is 0 Å². The van der Waals surface area contributed by atoms with Gasteiger partial charge in [0.05, 0.1) is 36.5 Å². The van der Waals surface area contributed by atoms with Crippen LogP contribution in [0.4, 0.5) is 0 Å². The number of amides is 1. The van der Waals surface area contributed by atoms with Crippen LogP contribution in [0.15, 0.2) is 0 Å². The summed E-state index contributed by atoms with van der Waals surface area (Å²) in [5, 5.41) is 12.0. The third-order valence-corrected chi connectivity index (χ3v) is 4.72. The molecule has 2 heterocycles. The molecule has 1 amide bonds. The molecule has 0 spiro atoms. The molecule has 0 radical (unpaired) electrons. The van der Waals surface area contributed by atoms with Gasteiger partial charge in [-0.3, -0.25) is 14.5 Å². The van der Waals surface area contributed by atoms with Crippen LogP contribution in [0.3, 0.4) is 0 Å². The number of aromatic nitrogens is 1. The number of morpholine rings is 1. The third-order valence-electron chi connectivity index (χ3n) is 4.72. The molecule has 184 valence electrons. The number of methoxy groups -OCH3 is 1. The molecule has 0 atom stereocenters. The van der Waals surface area contributed by atoms with E-state index >= 15 is 0 Å². The molecule has 1 aliphatic rings. The van der Waals surface area contributed by atoms with Gasteiger partial charge < -0.3 is 24.9 Å². The van der Waals surface area contributed by atoms with Crippen LogP contribution in [0, 0.1) is 6.92 Å². The van der Waals surface area contributed by atoms with Crippen LogP contribution < -0.4 is 5.32 Å². The summed E-state index contributed by atoms with van der Waals surface area (Å²) in [7, 11) is 1.71. The number of carbonyl (C=O) groups is 3. The molecule has 0 saturated carbocycles. The second kappa shape index (κ2) is 15.6. The van der Waals surface area contributed by atoms with Crippen molar-refractivity contribution < 1.29 is 29.0 Å². The highest BCUT2D eigenvalue weighted by Crippen LogP contribution is 2.18. The van der Waals surface area contributed by atoms with E-state index in [2.05, 4.69) is 15.2 Å². The first-order valence-corrected chi connectivity index (χ1v) is 11.1. The maximum atomic E-state index is 12.0. The minimum Gasteiger partial charge on any atom is -0.478 e. The van der Waals surface area contributed by atoms with E-state index in [1.807, 2.05) is 34.6 Å². The molecule has 1 saturated heterocycles. The van der Waals surface area contributed by atoms with Gasteiger partial charge in [0.2, 0.25) is 5.91 Å². The van der Waals surface area contributed by atoms with Crippen LogP contribution in [0.2, 0.25) is 0 Å². The number of hydrogen-bond donors (Lipinski definition) is 3. The summed E-state index contributed by atoms with van der Waals surface area (Å²) in [4.78, 5) is 39.2. The van der Waals surface area contributed by atoms with Gasteiger partial charge in [0.25, 0.3) is 0 Å². The molecule has 0 aliphatic carbocycles. The zero-order chi connectivity index (χ0) is 24.7. The Morgan fingerprint density at radius 1 is 1.25 bits per heavy atom. The van der Waals surface area contributed by atoms with Crippen LogP contribution in [0.1, 0.15) is 73.1 Å². The van der Waals surface area contributed by atoms with E-state index < -0.39 is 5.97 Å². The second-order valence-corrected chi connectivity index (χ2v) is 8.09. The Morgan fingerprint density at radius 3 is 2.28 bits per heavy atom. The zero-order valence-electron chi connectivity index (χ0n) is 20.7. The number of H-pyrrole nitrogens is 1. The maximum absolute atomic E-state index is 12.0. The predicted molar refractivity (Wildman–Crippen MR) is 125 cm³/mol. The Bertz CT molecular complexity index is 703. The average Bonchev–Trinajstić information content (AvgIpc) is 3.08. The maximum Gasteiger partial charge on any atom is 0.337 e. The highest BCUT2D eigenvalue weighted by molar-refractivity contribution is 5.95. The summed E-state index contributed by atoms with van der Waals surface area (Å²) in [5.41, 5.74) is 0.850.